The van der Waals surface area contributed by atoms with E-state index in [1.165, 1.54) is 17.7 Å². The van der Waals surface area contributed by atoms with Crippen LogP contribution < -0.4 is 21.9 Å². The van der Waals surface area contributed by atoms with Crippen LogP contribution in [0.25, 0.3) is 11.3 Å². The number of amides is 1. The van der Waals surface area contributed by atoms with E-state index >= 15 is 0 Å². The molecule has 1 aromatic carbocycles. The molecule has 0 unspecified atom stereocenters. The van der Waals surface area contributed by atoms with Crippen LogP contribution in [0.5, 0.6) is 0 Å². The zero-order chi connectivity index (χ0) is 24.3. The van der Waals surface area contributed by atoms with E-state index < -0.39 is 17.2 Å². The minimum Gasteiger partial charge on any atom is -0.451 e. The first-order chi connectivity index (χ1) is 15.6. The van der Waals surface area contributed by atoms with Crippen molar-refractivity contribution >= 4 is 40.6 Å². The molecule has 0 spiro atoms. The van der Waals surface area contributed by atoms with E-state index in [1.807, 2.05) is 13.8 Å². The number of nitrogens with zero attached hydrogens (tertiary/aromatic N) is 2. The van der Waals surface area contributed by atoms with E-state index in [1.54, 1.807) is 24.3 Å². The first-order valence-electron chi connectivity index (χ1n) is 10.1. The fourth-order valence-corrected chi connectivity index (χ4v) is 3.68. The van der Waals surface area contributed by atoms with Gasteiger partial charge in [0.15, 0.2) is 11.4 Å². The van der Waals surface area contributed by atoms with Gasteiger partial charge in [-0.3, -0.25) is 24.0 Å². The van der Waals surface area contributed by atoms with Crippen molar-refractivity contribution in [2.75, 3.05) is 30.9 Å². The monoisotopic (exact) mass is 494 g/mol. The summed E-state index contributed by atoms with van der Waals surface area (Å²) in [6, 6.07) is 7.91. The van der Waals surface area contributed by atoms with E-state index in [9.17, 15) is 14.4 Å². The number of halogens is 2. The number of ether oxygens (including phenoxy) is 1. The maximum Gasteiger partial charge on any atom is 0.330 e. The number of methoxy groups -OCH3 is 1. The van der Waals surface area contributed by atoms with Gasteiger partial charge in [-0.1, -0.05) is 37.0 Å². The Labute approximate surface area is 199 Å². The van der Waals surface area contributed by atoms with Crippen LogP contribution >= 0.6 is 23.2 Å². The lowest BCUT2D eigenvalue weighted by Gasteiger charge is -2.24. The highest BCUT2D eigenvalue weighted by atomic mass is 35.5. The van der Waals surface area contributed by atoms with Gasteiger partial charge in [-0.2, -0.15) is 0 Å². The second kappa shape index (κ2) is 10.3. The number of hydrogen-bond acceptors (Lipinski definition) is 6. The van der Waals surface area contributed by atoms with Gasteiger partial charge in [0.05, 0.1) is 18.2 Å². The Morgan fingerprint density at radius 2 is 1.97 bits per heavy atom. The van der Waals surface area contributed by atoms with Gasteiger partial charge in [0.25, 0.3) is 11.5 Å². The van der Waals surface area contributed by atoms with Crippen molar-refractivity contribution in [2.45, 2.75) is 20.4 Å². The number of hydrogen-bond donors (Lipinski definition) is 2. The third kappa shape index (κ3) is 5.32. The third-order valence-electron chi connectivity index (χ3n) is 4.81. The van der Waals surface area contributed by atoms with Gasteiger partial charge in [-0.15, -0.1) is 0 Å². The van der Waals surface area contributed by atoms with Crippen LogP contribution in [0.1, 0.15) is 24.4 Å². The van der Waals surface area contributed by atoms with Gasteiger partial charge in [-0.05, 0) is 36.2 Å². The van der Waals surface area contributed by atoms with Crippen molar-refractivity contribution in [3.05, 3.63) is 67.0 Å². The van der Waals surface area contributed by atoms with Crippen molar-refractivity contribution in [3.8, 4) is 11.3 Å². The highest BCUT2D eigenvalue weighted by molar-refractivity contribution is 6.35. The highest BCUT2D eigenvalue weighted by Crippen LogP contribution is 2.32. The predicted octanol–water partition coefficient (Wildman–Crippen LogP) is 3.63. The van der Waals surface area contributed by atoms with Gasteiger partial charge in [0, 0.05) is 24.2 Å². The van der Waals surface area contributed by atoms with Gasteiger partial charge in [-0.25, -0.2) is 4.79 Å². The van der Waals surface area contributed by atoms with E-state index in [-0.39, 0.29) is 42.9 Å². The summed E-state index contributed by atoms with van der Waals surface area (Å²) in [4.78, 5) is 41.8. The average Bonchev–Trinajstić information content (AvgIpc) is 3.24. The Hall–Kier alpha value is -3.01. The Bertz CT molecular complexity index is 1280. The molecule has 0 fully saturated rings. The molecule has 0 bridgehead atoms. The zero-order valence-corrected chi connectivity index (χ0v) is 19.9. The van der Waals surface area contributed by atoms with Crippen molar-refractivity contribution in [1.29, 1.82) is 0 Å². The molecule has 3 N–H and O–H groups in total. The van der Waals surface area contributed by atoms with Crippen molar-refractivity contribution in [2.24, 2.45) is 5.92 Å². The first-order valence-corrected chi connectivity index (χ1v) is 10.9. The highest BCUT2D eigenvalue weighted by Gasteiger charge is 2.27. The SMILES string of the molecule is COCCN(C(=O)c1ccc(-c2cc(Cl)ccc2Cl)o1)c1c(N)n(CC(C)C)c(=O)[nH]c1=O. The second-order valence-corrected chi connectivity index (χ2v) is 8.58. The molecule has 0 aliphatic heterocycles. The number of nitrogen functional groups attached to an aromatic ring is 1. The molecule has 1 amide bonds. The molecular weight excluding hydrogens is 471 g/mol. The summed E-state index contributed by atoms with van der Waals surface area (Å²) in [6.45, 7) is 4.17. The number of rotatable bonds is 8. The number of carbonyl (C=O) groups excluding carboxylic acids is 1. The molecule has 0 radical (unpaired) electrons. The van der Waals surface area contributed by atoms with E-state index in [0.29, 0.717) is 21.4 Å². The van der Waals surface area contributed by atoms with Crippen molar-refractivity contribution in [1.82, 2.24) is 9.55 Å². The number of nitrogens with one attached hydrogen (secondary N) is 1. The summed E-state index contributed by atoms with van der Waals surface area (Å²) in [5.41, 5.74) is 5.12. The standard InChI is InChI=1S/C22H24Cl2N4O5/c1-12(2)11-28-19(25)18(20(29)26-22(28)31)27(8-9-32-3)21(30)17-7-6-16(33-17)14-10-13(23)4-5-15(14)24/h4-7,10,12H,8-9,11,25H2,1-3H3,(H,26,29,31). The largest absolute Gasteiger partial charge is 0.451 e. The summed E-state index contributed by atoms with van der Waals surface area (Å²) < 4.78 is 12.1. The lowest BCUT2D eigenvalue weighted by Crippen LogP contribution is -2.42. The van der Waals surface area contributed by atoms with Gasteiger partial charge >= 0.3 is 5.69 Å². The molecule has 9 nitrogen and oxygen atoms in total. The number of anilines is 2. The molecule has 176 valence electrons. The molecule has 0 aliphatic rings. The number of H-pyrrole nitrogens is 1. The zero-order valence-electron chi connectivity index (χ0n) is 18.4. The summed E-state index contributed by atoms with van der Waals surface area (Å²) in [5.74, 6) is -0.418. The van der Waals surface area contributed by atoms with E-state index in [4.69, 9.17) is 38.1 Å². The second-order valence-electron chi connectivity index (χ2n) is 7.74. The number of carbonyl (C=O) groups is 1. The summed E-state index contributed by atoms with van der Waals surface area (Å²) >= 11 is 12.3. The summed E-state index contributed by atoms with van der Waals surface area (Å²) in [7, 11) is 1.46. The van der Waals surface area contributed by atoms with Crippen LogP contribution in [0.2, 0.25) is 10.0 Å². The van der Waals surface area contributed by atoms with Crippen LogP contribution in [0.15, 0.2) is 44.3 Å². The minimum atomic E-state index is -0.786. The average molecular weight is 495 g/mol. The molecule has 11 heteroatoms. The molecule has 33 heavy (non-hydrogen) atoms. The maximum atomic E-state index is 13.4. The van der Waals surface area contributed by atoms with Crippen LogP contribution in [0.4, 0.5) is 11.5 Å². The van der Waals surface area contributed by atoms with E-state index in [2.05, 4.69) is 4.98 Å². The quantitative estimate of drug-likeness (QED) is 0.492. The minimum absolute atomic E-state index is 0.00352. The Balaban J connectivity index is 2.07. The summed E-state index contributed by atoms with van der Waals surface area (Å²) in [6.07, 6.45) is 0. The molecule has 0 saturated heterocycles. The molecule has 3 aromatic rings. The topological polar surface area (TPSA) is 124 Å². The summed E-state index contributed by atoms with van der Waals surface area (Å²) in [5, 5.41) is 0.845. The van der Waals surface area contributed by atoms with Gasteiger partial charge < -0.3 is 14.9 Å². The molecule has 0 saturated carbocycles. The molecular formula is C22H24Cl2N4O5. The molecule has 2 heterocycles. The predicted molar refractivity (Wildman–Crippen MR) is 128 cm³/mol. The third-order valence-corrected chi connectivity index (χ3v) is 5.37. The lowest BCUT2D eigenvalue weighted by atomic mass is 10.2. The number of aromatic nitrogens is 2. The fourth-order valence-electron chi connectivity index (χ4n) is 3.30. The van der Waals surface area contributed by atoms with Crippen LogP contribution in [0, 0.1) is 5.92 Å². The maximum absolute atomic E-state index is 13.4. The normalized spacial score (nSPS) is 11.2. The lowest BCUT2D eigenvalue weighted by molar-refractivity contribution is 0.0949. The van der Waals surface area contributed by atoms with Crippen LogP contribution in [-0.4, -0.2) is 35.7 Å². The number of aromatic amines is 1. The Morgan fingerprint density at radius 3 is 2.64 bits per heavy atom. The van der Waals surface area contributed by atoms with E-state index in [0.717, 1.165) is 4.90 Å². The smallest absolute Gasteiger partial charge is 0.330 e. The number of furan rings is 1. The first kappa shape index (κ1) is 24.6. The van der Waals surface area contributed by atoms with Crippen LogP contribution in [0.3, 0.4) is 0 Å². The molecule has 0 aliphatic carbocycles. The van der Waals surface area contributed by atoms with Crippen molar-refractivity contribution in [3.63, 3.8) is 0 Å². The molecule has 2 aromatic heterocycles. The van der Waals surface area contributed by atoms with Crippen LogP contribution in [-0.2, 0) is 11.3 Å². The number of nitrogens with two attached hydrogens (primary N) is 1. The number of benzene rings is 1. The van der Waals surface area contributed by atoms with Gasteiger partial charge in [0.2, 0.25) is 0 Å². The molecule has 3 rings (SSSR count). The Morgan fingerprint density at radius 1 is 1.24 bits per heavy atom. The molecule has 0 atom stereocenters. The van der Waals surface area contributed by atoms with Crippen molar-refractivity contribution < 1.29 is 13.9 Å². The Kier molecular flexibility index (Phi) is 7.68. The fraction of sp³-hybridized carbons (Fsp3) is 0.318. The van der Waals surface area contributed by atoms with Gasteiger partial charge in [0.1, 0.15) is 11.6 Å².